The fourth-order valence-electron chi connectivity index (χ4n) is 2.12. The van der Waals surface area contributed by atoms with Crippen LogP contribution in [0.5, 0.6) is 0 Å². The minimum Gasteiger partial charge on any atom is -0.367 e. The number of rotatable bonds is 6. The Kier molecular flexibility index (Phi) is 5.20. The lowest BCUT2D eigenvalue weighted by Crippen LogP contribution is -2.32. The van der Waals surface area contributed by atoms with E-state index < -0.39 is 0 Å². The van der Waals surface area contributed by atoms with Gasteiger partial charge in [0.1, 0.15) is 11.6 Å². The smallest absolute Gasteiger partial charge is 0.319 e. The van der Waals surface area contributed by atoms with Gasteiger partial charge in [0, 0.05) is 31.2 Å². The molecule has 8 heteroatoms. The number of urea groups is 1. The van der Waals surface area contributed by atoms with Crippen LogP contribution in [0.2, 0.25) is 0 Å². The molecule has 0 spiro atoms. The number of nitrogens with zero attached hydrogens (tertiary/aromatic N) is 3. The molecular formula is C17H17FN6O. The SMILES string of the molecule is O=C(NCCNc1ccc(-n2cccc2)nn1)Nc1ccc(F)cc1. The Hall–Kier alpha value is -3.42. The molecule has 7 nitrogen and oxygen atoms in total. The van der Waals surface area contributed by atoms with E-state index in [0.717, 1.165) is 5.82 Å². The summed E-state index contributed by atoms with van der Waals surface area (Å²) in [5.41, 5.74) is 0.526. The van der Waals surface area contributed by atoms with Gasteiger partial charge in [-0.3, -0.25) is 0 Å². The molecule has 1 aromatic carbocycles. The number of hydrogen-bond acceptors (Lipinski definition) is 4. The molecule has 25 heavy (non-hydrogen) atoms. The van der Waals surface area contributed by atoms with Gasteiger partial charge in [0.25, 0.3) is 0 Å². The van der Waals surface area contributed by atoms with Gasteiger partial charge in [0.05, 0.1) is 0 Å². The van der Waals surface area contributed by atoms with Gasteiger partial charge in [-0.1, -0.05) is 0 Å². The molecule has 0 fully saturated rings. The minimum atomic E-state index is -0.359. The molecule has 0 unspecified atom stereocenters. The van der Waals surface area contributed by atoms with Crippen molar-refractivity contribution in [3.05, 3.63) is 66.7 Å². The highest BCUT2D eigenvalue weighted by Gasteiger charge is 2.02. The lowest BCUT2D eigenvalue weighted by atomic mass is 10.3. The summed E-state index contributed by atoms with van der Waals surface area (Å²) in [5.74, 6) is 1.00. The zero-order valence-electron chi connectivity index (χ0n) is 13.3. The molecule has 3 N–H and O–H groups in total. The van der Waals surface area contributed by atoms with Crippen molar-refractivity contribution in [1.82, 2.24) is 20.1 Å². The van der Waals surface area contributed by atoms with Crippen LogP contribution < -0.4 is 16.0 Å². The lowest BCUT2D eigenvalue weighted by Gasteiger charge is -2.09. The maximum atomic E-state index is 12.8. The van der Waals surface area contributed by atoms with Gasteiger partial charge < -0.3 is 20.5 Å². The van der Waals surface area contributed by atoms with E-state index in [-0.39, 0.29) is 11.8 Å². The Morgan fingerprint density at radius 3 is 2.44 bits per heavy atom. The molecule has 2 heterocycles. The quantitative estimate of drug-likeness (QED) is 0.602. The number of halogens is 1. The van der Waals surface area contributed by atoms with Gasteiger partial charge in [0.15, 0.2) is 5.82 Å². The molecular weight excluding hydrogens is 323 g/mol. The van der Waals surface area contributed by atoms with Crippen LogP contribution >= 0.6 is 0 Å². The van der Waals surface area contributed by atoms with E-state index in [1.165, 1.54) is 24.3 Å². The Labute approximate surface area is 143 Å². The highest BCUT2D eigenvalue weighted by molar-refractivity contribution is 5.89. The second-order valence-electron chi connectivity index (χ2n) is 5.18. The fraction of sp³-hybridized carbons (Fsp3) is 0.118. The van der Waals surface area contributed by atoms with E-state index >= 15 is 0 Å². The first kappa shape index (κ1) is 16.4. The zero-order chi connectivity index (χ0) is 17.5. The van der Waals surface area contributed by atoms with Crippen LogP contribution in [0.25, 0.3) is 5.82 Å². The van der Waals surface area contributed by atoms with Gasteiger partial charge >= 0.3 is 6.03 Å². The fourth-order valence-corrected chi connectivity index (χ4v) is 2.12. The first-order chi connectivity index (χ1) is 12.2. The largest absolute Gasteiger partial charge is 0.367 e. The van der Waals surface area contributed by atoms with Crippen molar-refractivity contribution in [3.8, 4) is 5.82 Å². The van der Waals surface area contributed by atoms with E-state index in [1.54, 1.807) is 0 Å². The van der Waals surface area contributed by atoms with Crippen LogP contribution in [-0.2, 0) is 0 Å². The van der Waals surface area contributed by atoms with Crippen LogP contribution in [0.1, 0.15) is 0 Å². The minimum absolute atomic E-state index is 0.348. The summed E-state index contributed by atoms with van der Waals surface area (Å²) in [6.45, 7) is 0.891. The number of carbonyl (C=O) groups is 1. The molecule has 0 saturated carbocycles. The number of hydrogen-bond donors (Lipinski definition) is 3. The maximum absolute atomic E-state index is 12.8. The Bertz CT molecular complexity index is 802. The molecule has 0 aliphatic rings. The molecule has 0 radical (unpaired) electrons. The average molecular weight is 340 g/mol. The van der Waals surface area contributed by atoms with Crippen LogP contribution in [0, 0.1) is 5.82 Å². The van der Waals surface area contributed by atoms with Crippen LogP contribution in [-0.4, -0.2) is 33.9 Å². The van der Waals surface area contributed by atoms with Crippen molar-refractivity contribution in [2.75, 3.05) is 23.7 Å². The molecule has 0 saturated heterocycles. The highest BCUT2D eigenvalue weighted by Crippen LogP contribution is 2.08. The normalized spacial score (nSPS) is 10.3. The molecule has 2 aromatic heterocycles. The van der Waals surface area contributed by atoms with E-state index in [4.69, 9.17) is 0 Å². The highest BCUT2D eigenvalue weighted by atomic mass is 19.1. The molecule has 0 bridgehead atoms. The first-order valence-electron chi connectivity index (χ1n) is 7.72. The summed E-state index contributed by atoms with van der Waals surface area (Å²) in [5, 5.41) is 16.6. The Balaban J connectivity index is 1.39. The van der Waals surface area contributed by atoms with E-state index in [2.05, 4.69) is 26.1 Å². The summed E-state index contributed by atoms with van der Waals surface area (Å²) in [4.78, 5) is 11.7. The number of aromatic nitrogens is 3. The standard InChI is InChI=1S/C17H17FN6O/c18-13-3-5-14(6-4-13)21-17(25)20-10-9-19-15-7-8-16(23-22-15)24-11-1-2-12-24/h1-8,11-12H,9-10H2,(H,19,22)(H2,20,21,25). The van der Waals surface area contributed by atoms with Crippen molar-refractivity contribution in [3.63, 3.8) is 0 Å². The molecule has 128 valence electrons. The first-order valence-corrected chi connectivity index (χ1v) is 7.72. The third-order valence-electron chi connectivity index (χ3n) is 3.34. The van der Waals surface area contributed by atoms with Crippen LogP contribution in [0.15, 0.2) is 60.9 Å². The monoisotopic (exact) mass is 340 g/mol. The molecule has 0 aliphatic carbocycles. The third-order valence-corrected chi connectivity index (χ3v) is 3.34. The van der Waals surface area contributed by atoms with Gasteiger partial charge in [-0.25, -0.2) is 9.18 Å². The summed E-state index contributed by atoms with van der Waals surface area (Å²) >= 11 is 0. The van der Waals surface area contributed by atoms with Crippen molar-refractivity contribution >= 4 is 17.5 Å². The predicted octanol–water partition coefficient (Wildman–Crippen LogP) is 2.64. The van der Waals surface area contributed by atoms with Crippen molar-refractivity contribution in [2.24, 2.45) is 0 Å². The number of nitrogens with one attached hydrogen (secondary N) is 3. The number of anilines is 2. The van der Waals surface area contributed by atoms with Gasteiger partial charge in [0.2, 0.25) is 0 Å². The summed E-state index contributed by atoms with van der Waals surface area (Å²) in [6, 6.07) is 12.7. The molecule has 3 rings (SSSR count). The third kappa shape index (κ3) is 4.77. The van der Waals surface area contributed by atoms with E-state index in [9.17, 15) is 9.18 Å². The Morgan fingerprint density at radius 1 is 1.00 bits per heavy atom. The van der Waals surface area contributed by atoms with E-state index in [1.807, 2.05) is 41.2 Å². The topological polar surface area (TPSA) is 83.9 Å². The lowest BCUT2D eigenvalue weighted by molar-refractivity contribution is 0.252. The van der Waals surface area contributed by atoms with Crippen LogP contribution in [0.3, 0.4) is 0 Å². The van der Waals surface area contributed by atoms with Gasteiger partial charge in [-0.15, -0.1) is 10.2 Å². The van der Waals surface area contributed by atoms with Crippen molar-refractivity contribution in [1.29, 1.82) is 0 Å². The molecule has 2 amide bonds. The summed E-state index contributed by atoms with van der Waals surface area (Å²) in [6.07, 6.45) is 3.78. The molecule has 0 atom stereocenters. The van der Waals surface area contributed by atoms with Crippen molar-refractivity contribution < 1.29 is 9.18 Å². The number of amides is 2. The van der Waals surface area contributed by atoms with E-state index in [0.29, 0.717) is 24.6 Å². The number of benzene rings is 1. The molecule has 0 aliphatic heterocycles. The average Bonchev–Trinajstić information content (AvgIpc) is 3.16. The van der Waals surface area contributed by atoms with Crippen LogP contribution in [0.4, 0.5) is 20.7 Å². The maximum Gasteiger partial charge on any atom is 0.319 e. The Morgan fingerprint density at radius 2 is 1.76 bits per heavy atom. The summed E-state index contributed by atoms with van der Waals surface area (Å²) < 4.78 is 14.6. The predicted molar refractivity (Wildman–Crippen MR) is 93.3 cm³/mol. The second kappa shape index (κ2) is 7.91. The van der Waals surface area contributed by atoms with Gasteiger partial charge in [-0.05, 0) is 48.5 Å². The zero-order valence-corrected chi connectivity index (χ0v) is 13.3. The molecule has 3 aromatic rings. The van der Waals surface area contributed by atoms with Crippen molar-refractivity contribution in [2.45, 2.75) is 0 Å². The number of carbonyl (C=O) groups excluding carboxylic acids is 1. The van der Waals surface area contributed by atoms with Gasteiger partial charge in [-0.2, -0.15) is 0 Å². The second-order valence-corrected chi connectivity index (χ2v) is 5.18. The summed E-state index contributed by atoms with van der Waals surface area (Å²) in [7, 11) is 0.